The first kappa shape index (κ1) is 13.3. The van der Waals surface area contributed by atoms with Crippen molar-refractivity contribution >= 4 is 10.1 Å². The summed E-state index contributed by atoms with van der Waals surface area (Å²) in [5, 5.41) is 8.43. The van der Waals surface area contributed by atoms with Crippen LogP contribution in [0.4, 0.5) is 0 Å². The first-order valence-corrected chi connectivity index (χ1v) is 6.65. The van der Waals surface area contributed by atoms with E-state index in [9.17, 15) is 8.42 Å². The van der Waals surface area contributed by atoms with Gasteiger partial charge in [-0.05, 0) is 31.0 Å². The van der Waals surface area contributed by atoms with Crippen LogP contribution in [0.3, 0.4) is 0 Å². The van der Waals surface area contributed by atoms with E-state index in [4.69, 9.17) is 14.2 Å². The van der Waals surface area contributed by atoms with Crippen molar-refractivity contribution in [2.45, 2.75) is 13.8 Å². The van der Waals surface area contributed by atoms with Gasteiger partial charge in [0.15, 0.2) is 6.61 Å². The zero-order valence-electron chi connectivity index (χ0n) is 9.85. The molecule has 0 radical (unpaired) electrons. The topological polar surface area (TPSA) is 76.4 Å². The molecular weight excluding hydrogens is 242 g/mol. The number of aryl methyl sites for hydroxylation is 2. The summed E-state index contributed by atoms with van der Waals surface area (Å²) in [6.45, 7) is 3.45. The molecule has 0 atom stereocenters. The van der Waals surface area contributed by atoms with Gasteiger partial charge in [0, 0.05) is 6.07 Å². The fourth-order valence-electron chi connectivity index (χ4n) is 1.33. The Hall–Kier alpha value is -1.74. The van der Waals surface area contributed by atoms with Crippen LogP contribution in [0.5, 0.6) is 11.5 Å². The Morgan fingerprint density at radius 1 is 1.24 bits per heavy atom. The molecule has 0 aliphatic rings. The van der Waals surface area contributed by atoms with Gasteiger partial charge in [0.1, 0.15) is 17.6 Å². The molecule has 0 saturated carbocycles. The molecule has 17 heavy (non-hydrogen) atoms. The predicted octanol–water partition coefficient (Wildman–Crippen LogP) is 1.54. The summed E-state index contributed by atoms with van der Waals surface area (Å²) in [4.78, 5) is 0. The van der Waals surface area contributed by atoms with Crippen LogP contribution in [-0.4, -0.2) is 21.3 Å². The molecule has 0 saturated heterocycles. The molecule has 0 N–H and O–H groups in total. The van der Waals surface area contributed by atoms with Gasteiger partial charge in [-0.25, -0.2) is 0 Å². The third kappa shape index (κ3) is 3.96. The number of rotatable bonds is 4. The predicted molar refractivity (Wildman–Crippen MR) is 62.5 cm³/mol. The summed E-state index contributed by atoms with van der Waals surface area (Å²) in [6, 6.07) is 5.06. The molecule has 1 aromatic rings. The number of ether oxygens (including phenoxy) is 1. The molecule has 6 heteroatoms. The van der Waals surface area contributed by atoms with E-state index in [1.54, 1.807) is 13.0 Å². The lowest BCUT2D eigenvalue weighted by Gasteiger charge is -2.11. The Labute approximate surface area is 101 Å². The van der Waals surface area contributed by atoms with Crippen molar-refractivity contribution in [2.75, 3.05) is 12.9 Å². The minimum Gasteiger partial charge on any atom is -0.478 e. The van der Waals surface area contributed by atoms with E-state index in [1.165, 1.54) is 6.07 Å². The van der Waals surface area contributed by atoms with Gasteiger partial charge in [-0.1, -0.05) is 0 Å². The number of hydrogen-bond donors (Lipinski definition) is 0. The fraction of sp³-hybridized carbons (Fsp3) is 0.364. The standard InChI is InChI=1S/C11H13NO4S/c1-8-6-9(2)11(16-17(3,13)14)7-10(8)15-5-4-12/h6-7H,5H2,1-3H3. The minimum atomic E-state index is -3.57. The zero-order valence-corrected chi connectivity index (χ0v) is 10.7. The molecule has 0 aromatic heterocycles. The third-order valence-corrected chi connectivity index (χ3v) is 2.49. The Kier molecular flexibility index (Phi) is 3.97. The highest BCUT2D eigenvalue weighted by Gasteiger charge is 2.11. The van der Waals surface area contributed by atoms with Crippen LogP contribution in [0.15, 0.2) is 12.1 Å². The first-order chi connectivity index (χ1) is 7.83. The molecule has 0 amide bonds. The molecule has 0 aliphatic carbocycles. The molecule has 0 heterocycles. The van der Waals surface area contributed by atoms with Crippen LogP contribution in [-0.2, 0) is 10.1 Å². The fourth-order valence-corrected chi connectivity index (χ4v) is 1.84. The highest BCUT2D eigenvalue weighted by Crippen LogP contribution is 2.29. The SMILES string of the molecule is Cc1cc(C)c(OS(C)(=O)=O)cc1OCC#N. The Morgan fingerprint density at radius 2 is 1.82 bits per heavy atom. The van der Waals surface area contributed by atoms with Gasteiger partial charge in [-0.2, -0.15) is 13.7 Å². The summed E-state index contributed by atoms with van der Waals surface area (Å²) in [5.41, 5.74) is 1.51. The summed E-state index contributed by atoms with van der Waals surface area (Å²) in [7, 11) is -3.57. The Bertz CT molecular complexity index is 558. The summed E-state index contributed by atoms with van der Waals surface area (Å²) < 4.78 is 32.1. The molecule has 0 bridgehead atoms. The highest BCUT2D eigenvalue weighted by atomic mass is 32.2. The molecule has 0 unspecified atom stereocenters. The monoisotopic (exact) mass is 255 g/mol. The molecule has 1 aromatic carbocycles. The third-order valence-electron chi connectivity index (χ3n) is 2.01. The van der Waals surface area contributed by atoms with Crippen molar-refractivity contribution in [3.8, 4) is 17.6 Å². The Morgan fingerprint density at radius 3 is 2.35 bits per heavy atom. The molecule has 5 nitrogen and oxygen atoms in total. The second kappa shape index (κ2) is 5.06. The van der Waals surface area contributed by atoms with E-state index < -0.39 is 10.1 Å². The molecule has 1 rings (SSSR count). The van der Waals surface area contributed by atoms with Crippen LogP contribution in [0.2, 0.25) is 0 Å². The maximum absolute atomic E-state index is 11.0. The van der Waals surface area contributed by atoms with Gasteiger partial charge in [0.25, 0.3) is 0 Å². The van der Waals surface area contributed by atoms with Crippen molar-refractivity contribution in [3.63, 3.8) is 0 Å². The van der Waals surface area contributed by atoms with Crippen LogP contribution in [0.1, 0.15) is 11.1 Å². The molecular formula is C11H13NO4S. The molecule has 0 spiro atoms. The second-order valence-corrected chi connectivity index (χ2v) is 5.19. The van der Waals surface area contributed by atoms with Crippen molar-refractivity contribution in [1.29, 1.82) is 5.26 Å². The van der Waals surface area contributed by atoms with Crippen molar-refractivity contribution in [3.05, 3.63) is 23.3 Å². The maximum Gasteiger partial charge on any atom is 0.306 e. The highest BCUT2D eigenvalue weighted by molar-refractivity contribution is 7.86. The van der Waals surface area contributed by atoms with E-state index >= 15 is 0 Å². The van der Waals surface area contributed by atoms with Gasteiger partial charge in [0.05, 0.1) is 6.26 Å². The van der Waals surface area contributed by atoms with Crippen LogP contribution < -0.4 is 8.92 Å². The van der Waals surface area contributed by atoms with Gasteiger partial charge in [-0.15, -0.1) is 0 Å². The van der Waals surface area contributed by atoms with Crippen LogP contribution in [0.25, 0.3) is 0 Å². The minimum absolute atomic E-state index is 0.0950. The van der Waals surface area contributed by atoms with E-state index in [1.807, 2.05) is 13.0 Å². The molecule has 92 valence electrons. The van der Waals surface area contributed by atoms with E-state index in [0.29, 0.717) is 11.3 Å². The maximum atomic E-state index is 11.0. The van der Waals surface area contributed by atoms with Gasteiger partial charge < -0.3 is 8.92 Å². The van der Waals surface area contributed by atoms with Gasteiger partial charge in [-0.3, -0.25) is 0 Å². The quantitative estimate of drug-likeness (QED) is 0.763. The van der Waals surface area contributed by atoms with Crippen LogP contribution in [0, 0.1) is 25.2 Å². The van der Waals surface area contributed by atoms with Gasteiger partial charge >= 0.3 is 10.1 Å². The van der Waals surface area contributed by atoms with Crippen LogP contribution >= 0.6 is 0 Å². The number of nitriles is 1. The van der Waals surface area contributed by atoms with Crippen molar-refractivity contribution < 1.29 is 17.3 Å². The van der Waals surface area contributed by atoms with E-state index in [2.05, 4.69) is 0 Å². The Balaban J connectivity index is 3.11. The lowest BCUT2D eigenvalue weighted by atomic mass is 10.1. The van der Waals surface area contributed by atoms with Crippen molar-refractivity contribution in [2.24, 2.45) is 0 Å². The molecule has 0 fully saturated rings. The van der Waals surface area contributed by atoms with E-state index in [-0.39, 0.29) is 12.4 Å². The average Bonchev–Trinajstić information content (AvgIpc) is 2.18. The lowest BCUT2D eigenvalue weighted by molar-refractivity contribution is 0.363. The normalized spacial score (nSPS) is 10.7. The van der Waals surface area contributed by atoms with Gasteiger partial charge in [0.2, 0.25) is 0 Å². The number of benzene rings is 1. The smallest absolute Gasteiger partial charge is 0.306 e. The molecule has 0 aliphatic heterocycles. The second-order valence-electron chi connectivity index (χ2n) is 3.62. The summed E-state index contributed by atoms with van der Waals surface area (Å²) in [6.07, 6.45) is 0.974. The largest absolute Gasteiger partial charge is 0.478 e. The van der Waals surface area contributed by atoms with E-state index in [0.717, 1.165) is 11.8 Å². The van der Waals surface area contributed by atoms with Crippen molar-refractivity contribution in [1.82, 2.24) is 0 Å². The first-order valence-electron chi connectivity index (χ1n) is 4.84. The summed E-state index contributed by atoms with van der Waals surface area (Å²) >= 11 is 0. The summed E-state index contributed by atoms with van der Waals surface area (Å²) in [5.74, 6) is 0.654. The lowest BCUT2D eigenvalue weighted by Crippen LogP contribution is -2.07. The zero-order chi connectivity index (χ0) is 13.1. The number of hydrogen-bond acceptors (Lipinski definition) is 5. The number of nitrogens with zero attached hydrogens (tertiary/aromatic N) is 1. The average molecular weight is 255 g/mol.